The first-order chi connectivity index (χ1) is 9.31. The van der Waals surface area contributed by atoms with Crippen LogP contribution < -0.4 is 4.72 Å². The predicted molar refractivity (Wildman–Crippen MR) is 66.4 cm³/mol. The van der Waals surface area contributed by atoms with Crippen LogP contribution in [-0.2, 0) is 21.1 Å². The number of alkyl halides is 3. The molecule has 0 saturated carbocycles. The SMILES string of the molecule is O=S(=O)(Nc1ccccc1C(F)(F)F)N1CCOCC1. The fourth-order valence-corrected chi connectivity index (χ4v) is 3.02. The summed E-state index contributed by atoms with van der Waals surface area (Å²) in [6.07, 6.45) is -4.62. The van der Waals surface area contributed by atoms with Gasteiger partial charge in [0.1, 0.15) is 0 Å². The fourth-order valence-electron chi connectivity index (χ4n) is 1.81. The van der Waals surface area contributed by atoms with Crippen molar-refractivity contribution in [2.45, 2.75) is 6.18 Å². The predicted octanol–water partition coefficient (Wildman–Crippen LogP) is 1.69. The highest BCUT2D eigenvalue weighted by atomic mass is 32.2. The van der Waals surface area contributed by atoms with Gasteiger partial charge in [0, 0.05) is 13.1 Å². The zero-order valence-electron chi connectivity index (χ0n) is 10.4. The molecule has 0 aliphatic carbocycles. The molecule has 1 aromatic rings. The number of benzene rings is 1. The molecule has 0 spiro atoms. The standard InChI is InChI=1S/C11H13F3N2O3S/c12-11(13,14)9-3-1-2-4-10(9)15-20(17,18)16-5-7-19-8-6-16/h1-4,15H,5-8H2. The first-order valence-corrected chi connectivity index (χ1v) is 7.26. The summed E-state index contributed by atoms with van der Waals surface area (Å²) >= 11 is 0. The Bertz CT molecular complexity index is 569. The van der Waals surface area contributed by atoms with Crippen LogP contribution in [0, 0.1) is 0 Å². The maximum Gasteiger partial charge on any atom is 0.418 e. The molecule has 0 amide bonds. The lowest BCUT2D eigenvalue weighted by atomic mass is 10.2. The molecular formula is C11H13F3N2O3S. The highest BCUT2D eigenvalue weighted by Crippen LogP contribution is 2.35. The van der Waals surface area contributed by atoms with Crippen LogP contribution in [0.15, 0.2) is 24.3 Å². The Kier molecular flexibility index (Phi) is 4.21. The van der Waals surface area contributed by atoms with Gasteiger partial charge >= 0.3 is 16.4 Å². The average Bonchev–Trinajstić information content (AvgIpc) is 2.39. The summed E-state index contributed by atoms with van der Waals surface area (Å²) in [4.78, 5) is 0. The Hall–Kier alpha value is -1.32. The number of halogens is 3. The van der Waals surface area contributed by atoms with Crippen molar-refractivity contribution in [1.82, 2.24) is 4.31 Å². The highest BCUT2D eigenvalue weighted by molar-refractivity contribution is 7.90. The normalized spacial score (nSPS) is 17.9. The number of nitrogens with one attached hydrogen (secondary N) is 1. The van der Waals surface area contributed by atoms with Crippen LogP contribution in [0.25, 0.3) is 0 Å². The maximum atomic E-state index is 12.8. The Morgan fingerprint density at radius 2 is 1.75 bits per heavy atom. The van der Waals surface area contributed by atoms with Gasteiger partial charge in [-0.3, -0.25) is 4.72 Å². The molecule has 1 aliphatic rings. The molecule has 0 bridgehead atoms. The number of rotatable bonds is 3. The smallest absolute Gasteiger partial charge is 0.379 e. The Balaban J connectivity index is 2.25. The van der Waals surface area contributed by atoms with E-state index < -0.39 is 27.6 Å². The van der Waals surface area contributed by atoms with Crippen LogP contribution >= 0.6 is 0 Å². The summed E-state index contributed by atoms with van der Waals surface area (Å²) in [5, 5.41) is 0. The van der Waals surface area contributed by atoms with E-state index in [4.69, 9.17) is 4.74 Å². The monoisotopic (exact) mass is 310 g/mol. The van der Waals surface area contributed by atoms with Gasteiger partial charge in [0.15, 0.2) is 0 Å². The molecule has 0 radical (unpaired) electrons. The van der Waals surface area contributed by atoms with E-state index in [2.05, 4.69) is 0 Å². The van der Waals surface area contributed by atoms with Gasteiger partial charge in [0.25, 0.3) is 0 Å². The van der Waals surface area contributed by atoms with Crippen LogP contribution in [-0.4, -0.2) is 39.0 Å². The lowest BCUT2D eigenvalue weighted by Crippen LogP contribution is -2.43. The van der Waals surface area contributed by atoms with Crippen molar-refractivity contribution in [3.8, 4) is 0 Å². The van der Waals surface area contributed by atoms with Gasteiger partial charge in [-0.1, -0.05) is 12.1 Å². The van der Waals surface area contributed by atoms with E-state index in [1.807, 2.05) is 4.72 Å². The van der Waals surface area contributed by atoms with Crippen molar-refractivity contribution in [3.05, 3.63) is 29.8 Å². The second-order valence-electron chi connectivity index (χ2n) is 4.16. The zero-order chi connectivity index (χ0) is 14.8. The number of hydrogen-bond acceptors (Lipinski definition) is 3. The fraction of sp³-hybridized carbons (Fsp3) is 0.455. The third kappa shape index (κ3) is 3.41. The van der Waals surface area contributed by atoms with Crippen LogP contribution in [0.3, 0.4) is 0 Å². The third-order valence-corrected chi connectivity index (χ3v) is 4.30. The van der Waals surface area contributed by atoms with E-state index in [0.717, 1.165) is 16.4 Å². The van der Waals surface area contributed by atoms with Crippen molar-refractivity contribution in [3.63, 3.8) is 0 Å². The van der Waals surface area contributed by atoms with Gasteiger partial charge in [-0.25, -0.2) is 0 Å². The molecule has 0 unspecified atom stereocenters. The van der Waals surface area contributed by atoms with Crippen LogP contribution in [0.1, 0.15) is 5.56 Å². The van der Waals surface area contributed by atoms with Crippen molar-refractivity contribution in [1.29, 1.82) is 0 Å². The number of anilines is 1. The Morgan fingerprint density at radius 3 is 2.35 bits per heavy atom. The molecule has 1 fully saturated rings. The van der Waals surface area contributed by atoms with Crippen molar-refractivity contribution >= 4 is 15.9 Å². The second-order valence-corrected chi connectivity index (χ2v) is 5.83. The molecule has 112 valence electrons. The molecule has 0 atom stereocenters. The van der Waals surface area contributed by atoms with E-state index in [0.29, 0.717) is 0 Å². The van der Waals surface area contributed by atoms with E-state index in [1.54, 1.807) is 0 Å². The van der Waals surface area contributed by atoms with Gasteiger partial charge in [-0.2, -0.15) is 25.9 Å². The lowest BCUT2D eigenvalue weighted by Gasteiger charge is -2.27. The zero-order valence-corrected chi connectivity index (χ0v) is 11.2. The number of para-hydroxylation sites is 1. The van der Waals surface area contributed by atoms with E-state index >= 15 is 0 Å². The third-order valence-electron chi connectivity index (χ3n) is 2.78. The Labute approximate surface area is 114 Å². The molecule has 1 aromatic carbocycles. The van der Waals surface area contributed by atoms with Crippen LogP contribution in [0.5, 0.6) is 0 Å². The molecule has 1 saturated heterocycles. The van der Waals surface area contributed by atoms with Crippen molar-refractivity contribution in [2.75, 3.05) is 31.0 Å². The molecular weight excluding hydrogens is 297 g/mol. The summed E-state index contributed by atoms with van der Waals surface area (Å²) in [6, 6.07) is 4.46. The minimum atomic E-state index is -4.62. The largest absolute Gasteiger partial charge is 0.418 e. The maximum absolute atomic E-state index is 12.8. The topological polar surface area (TPSA) is 58.6 Å². The van der Waals surface area contributed by atoms with Crippen molar-refractivity contribution in [2.24, 2.45) is 0 Å². The van der Waals surface area contributed by atoms with Crippen LogP contribution in [0.4, 0.5) is 18.9 Å². The van der Waals surface area contributed by atoms with Crippen molar-refractivity contribution < 1.29 is 26.3 Å². The number of ether oxygens (including phenoxy) is 1. The summed E-state index contributed by atoms with van der Waals surface area (Å²) < 4.78 is 70.5. The van der Waals surface area contributed by atoms with Gasteiger partial charge in [-0.15, -0.1) is 0 Å². The minimum absolute atomic E-state index is 0.115. The van der Waals surface area contributed by atoms with E-state index in [-0.39, 0.29) is 26.3 Å². The van der Waals surface area contributed by atoms with Crippen LogP contribution in [0.2, 0.25) is 0 Å². The first-order valence-electron chi connectivity index (χ1n) is 5.82. The van der Waals surface area contributed by atoms with E-state index in [1.165, 1.54) is 12.1 Å². The minimum Gasteiger partial charge on any atom is -0.379 e. The lowest BCUT2D eigenvalue weighted by molar-refractivity contribution is -0.136. The molecule has 5 nitrogen and oxygen atoms in total. The van der Waals surface area contributed by atoms with E-state index in [9.17, 15) is 21.6 Å². The first kappa shape index (κ1) is 15.1. The quantitative estimate of drug-likeness (QED) is 0.924. The molecule has 9 heteroatoms. The second kappa shape index (κ2) is 5.58. The molecule has 1 heterocycles. The Morgan fingerprint density at radius 1 is 1.15 bits per heavy atom. The molecule has 0 aromatic heterocycles. The molecule has 2 rings (SSSR count). The summed E-state index contributed by atoms with van der Waals surface area (Å²) in [6.45, 7) is 0.677. The van der Waals surface area contributed by atoms with Gasteiger partial charge < -0.3 is 4.74 Å². The average molecular weight is 310 g/mol. The number of nitrogens with zero attached hydrogens (tertiary/aromatic N) is 1. The van der Waals surface area contributed by atoms with Gasteiger partial charge in [0.05, 0.1) is 24.5 Å². The molecule has 1 aliphatic heterocycles. The summed E-state index contributed by atoms with van der Waals surface area (Å²) in [5.41, 5.74) is -1.50. The number of morpholine rings is 1. The molecule has 20 heavy (non-hydrogen) atoms. The summed E-state index contributed by atoms with van der Waals surface area (Å²) in [5.74, 6) is 0. The molecule has 1 N–H and O–H groups in total. The summed E-state index contributed by atoms with van der Waals surface area (Å²) in [7, 11) is -4.02. The highest BCUT2D eigenvalue weighted by Gasteiger charge is 2.35. The van der Waals surface area contributed by atoms with Gasteiger partial charge in [-0.05, 0) is 12.1 Å². The van der Waals surface area contributed by atoms with Gasteiger partial charge in [0.2, 0.25) is 0 Å². The number of hydrogen-bond donors (Lipinski definition) is 1.